The Morgan fingerprint density at radius 1 is 1.25 bits per heavy atom. The summed E-state index contributed by atoms with van der Waals surface area (Å²) in [5.74, 6) is -0.197. The minimum Gasteiger partial charge on any atom is -0.348 e. The van der Waals surface area contributed by atoms with Gasteiger partial charge in [0.15, 0.2) is 5.69 Å². The fourth-order valence-corrected chi connectivity index (χ4v) is 2.54. The first-order chi connectivity index (χ1) is 11.1. The fraction of sp³-hybridized carbons (Fsp3) is 0.333. The lowest BCUT2D eigenvalue weighted by atomic mass is 10.1. The third-order valence-electron chi connectivity index (χ3n) is 3.82. The molecule has 128 valence electrons. The van der Waals surface area contributed by atoms with E-state index < -0.39 is 4.92 Å². The number of nitro benzene ring substituents is 1. The first-order valence-corrected chi connectivity index (χ1v) is 7.45. The van der Waals surface area contributed by atoms with Crippen molar-refractivity contribution in [2.24, 2.45) is 0 Å². The molecule has 0 spiro atoms. The quantitative estimate of drug-likeness (QED) is 0.644. The standard InChI is InChI=1S/C15H17N5O3.ClH/c21-15(17-11-5-8-16-9-6-11)14-7-10-19(18-14)12-1-3-13(4-2-12)20(22)23;/h1-4,7,10-11,16H,5-6,8-9H2,(H,17,21);1H. The average molecular weight is 352 g/mol. The van der Waals surface area contributed by atoms with Crippen molar-refractivity contribution in [3.8, 4) is 5.69 Å². The lowest BCUT2D eigenvalue weighted by Gasteiger charge is -2.23. The van der Waals surface area contributed by atoms with Crippen LogP contribution in [0, 0.1) is 10.1 Å². The zero-order chi connectivity index (χ0) is 16.2. The predicted molar refractivity (Wildman–Crippen MR) is 90.8 cm³/mol. The van der Waals surface area contributed by atoms with E-state index in [0.717, 1.165) is 25.9 Å². The number of hydrogen-bond acceptors (Lipinski definition) is 5. The summed E-state index contributed by atoms with van der Waals surface area (Å²) < 4.78 is 1.53. The molecule has 1 fully saturated rings. The van der Waals surface area contributed by atoms with E-state index >= 15 is 0 Å². The van der Waals surface area contributed by atoms with E-state index in [0.29, 0.717) is 11.4 Å². The highest BCUT2D eigenvalue weighted by atomic mass is 35.5. The van der Waals surface area contributed by atoms with Crippen LogP contribution in [0.1, 0.15) is 23.3 Å². The van der Waals surface area contributed by atoms with E-state index in [1.165, 1.54) is 16.8 Å². The molecule has 2 aromatic rings. The van der Waals surface area contributed by atoms with Gasteiger partial charge in [0, 0.05) is 24.4 Å². The molecule has 0 bridgehead atoms. The van der Waals surface area contributed by atoms with Crippen molar-refractivity contribution in [2.45, 2.75) is 18.9 Å². The van der Waals surface area contributed by atoms with E-state index in [2.05, 4.69) is 15.7 Å². The summed E-state index contributed by atoms with van der Waals surface area (Å²) in [5, 5.41) is 21.1. The Morgan fingerprint density at radius 2 is 1.92 bits per heavy atom. The Balaban J connectivity index is 0.00000208. The molecular weight excluding hydrogens is 334 g/mol. The summed E-state index contributed by atoms with van der Waals surface area (Å²) in [7, 11) is 0. The Labute approximate surface area is 144 Å². The van der Waals surface area contributed by atoms with E-state index in [9.17, 15) is 14.9 Å². The molecule has 2 heterocycles. The molecule has 1 aliphatic rings. The first-order valence-electron chi connectivity index (χ1n) is 7.45. The van der Waals surface area contributed by atoms with E-state index in [1.54, 1.807) is 24.4 Å². The number of halogens is 1. The van der Waals surface area contributed by atoms with Crippen molar-refractivity contribution in [2.75, 3.05) is 13.1 Å². The zero-order valence-corrected chi connectivity index (χ0v) is 13.7. The Morgan fingerprint density at radius 3 is 2.54 bits per heavy atom. The Kier molecular flexibility index (Phi) is 5.88. The molecule has 0 aliphatic carbocycles. The van der Waals surface area contributed by atoms with E-state index in [-0.39, 0.29) is 30.0 Å². The third kappa shape index (κ3) is 4.09. The van der Waals surface area contributed by atoms with Crippen molar-refractivity contribution in [1.29, 1.82) is 0 Å². The molecule has 1 amide bonds. The van der Waals surface area contributed by atoms with Crippen molar-refractivity contribution >= 4 is 24.0 Å². The van der Waals surface area contributed by atoms with Gasteiger partial charge in [-0.25, -0.2) is 4.68 Å². The SMILES string of the molecule is Cl.O=C(NC1CCNCC1)c1ccn(-c2ccc([N+](=O)[O-])cc2)n1. The lowest BCUT2D eigenvalue weighted by Crippen LogP contribution is -2.42. The molecule has 1 aromatic carbocycles. The highest BCUT2D eigenvalue weighted by molar-refractivity contribution is 5.92. The monoisotopic (exact) mass is 351 g/mol. The summed E-state index contributed by atoms with van der Waals surface area (Å²) in [6.07, 6.45) is 3.49. The van der Waals surface area contributed by atoms with Gasteiger partial charge in [-0.3, -0.25) is 14.9 Å². The number of nitro groups is 1. The van der Waals surface area contributed by atoms with Crippen LogP contribution in [-0.2, 0) is 0 Å². The predicted octanol–water partition coefficient (Wildman–Crippen LogP) is 1.68. The van der Waals surface area contributed by atoms with Crippen molar-refractivity contribution < 1.29 is 9.72 Å². The van der Waals surface area contributed by atoms with Crippen LogP contribution >= 0.6 is 12.4 Å². The van der Waals surface area contributed by atoms with E-state index in [4.69, 9.17) is 0 Å². The van der Waals surface area contributed by atoms with Crippen LogP contribution in [0.15, 0.2) is 36.5 Å². The number of non-ortho nitro benzene ring substituents is 1. The largest absolute Gasteiger partial charge is 0.348 e. The number of rotatable bonds is 4. The minimum atomic E-state index is -0.454. The van der Waals surface area contributed by atoms with Crippen molar-refractivity contribution in [1.82, 2.24) is 20.4 Å². The number of carbonyl (C=O) groups excluding carboxylic acids is 1. The second-order valence-corrected chi connectivity index (χ2v) is 5.42. The second-order valence-electron chi connectivity index (χ2n) is 5.42. The Bertz CT molecular complexity index is 710. The van der Waals surface area contributed by atoms with Gasteiger partial charge in [0.25, 0.3) is 11.6 Å². The van der Waals surface area contributed by atoms with Crippen LogP contribution in [0.2, 0.25) is 0 Å². The number of nitrogens with zero attached hydrogens (tertiary/aromatic N) is 3. The minimum absolute atomic E-state index is 0. The molecule has 0 atom stereocenters. The van der Waals surface area contributed by atoms with Gasteiger partial charge in [0.05, 0.1) is 10.6 Å². The number of nitrogens with one attached hydrogen (secondary N) is 2. The van der Waals surface area contributed by atoms with Gasteiger partial charge in [0.2, 0.25) is 0 Å². The maximum Gasteiger partial charge on any atom is 0.272 e. The van der Waals surface area contributed by atoms with Gasteiger partial charge >= 0.3 is 0 Å². The number of hydrogen-bond donors (Lipinski definition) is 2. The smallest absolute Gasteiger partial charge is 0.272 e. The summed E-state index contributed by atoms with van der Waals surface area (Å²) in [5.41, 5.74) is 1.02. The second kappa shape index (κ2) is 7.89. The van der Waals surface area contributed by atoms with Gasteiger partial charge < -0.3 is 10.6 Å². The maximum absolute atomic E-state index is 12.2. The molecule has 1 saturated heterocycles. The number of carbonyl (C=O) groups is 1. The third-order valence-corrected chi connectivity index (χ3v) is 3.82. The molecule has 3 rings (SSSR count). The molecule has 1 aromatic heterocycles. The molecule has 0 radical (unpaired) electrons. The van der Waals surface area contributed by atoms with Gasteiger partial charge in [-0.05, 0) is 44.1 Å². The highest BCUT2D eigenvalue weighted by Gasteiger charge is 2.18. The van der Waals surface area contributed by atoms with Crippen LogP contribution in [-0.4, -0.2) is 39.7 Å². The molecule has 0 saturated carbocycles. The van der Waals surface area contributed by atoms with Gasteiger partial charge in [-0.1, -0.05) is 0 Å². The number of benzene rings is 1. The normalized spacial score (nSPS) is 14.7. The van der Waals surface area contributed by atoms with Crippen LogP contribution < -0.4 is 10.6 Å². The van der Waals surface area contributed by atoms with Crippen LogP contribution in [0.4, 0.5) is 5.69 Å². The topological polar surface area (TPSA) is 102 Å². The highest BCUT2D eigenvalue weighted by Crippen LogP contribution is 2.15. The van der Waals surface area contributed by atoms with Crippen LogP contribution in [0.3, 0.4) is 0 Å². The lowest BCUT2D eigenvalue weighted by molar-refractivity contribution is -0.384. The summed E-state index contributed by atoms with van der Waals surface area (Å²) in [4.78, 5) is 22.4. The molecular formula is C15H18ClN5O3. The molecule has 9 heteroatoms. The first kappa shape index (κ1) is 17.9. The van der Waals surface area contributed by atoms with E-state index in [1.807, 2.05) is 0 Å². The number of aromatic nitrogens is 2. The summed E-state index contributed by atoms with van der Waals surface area (Å²) >= 11 is 0. The van der Waals surface area contributed by atoms with Crippen LogP contribution in [0.5, 0.6) is 0 Å². The number of amides is 1. The maximum atomic E-state index is 12.2. The van der Waals surface area contributed by atoms with Crippen LogP contribution in [0.25, 0.3) is 5.69 Å². The summed E-state index contributed by atoms with van der Waals surface area (Å²) in [6, 6.07) is 7.82. The van der Waals surface area contributed by atoms with Crippen molar-refractivity contribution in [3.05, 3.63) is 52.3 Å². The summed E-state index contributed by atoms with van der Waals surface area (Å²) in [6.45, 7) is 1.81. The molecule has 8 nitrogen and oxygen atoms in total. The van der Waals surface area contributed by atoms with Gasteiger partial charge in [-0.2, -0.15) is 5.10 Å². The van der Waals surface area contributed by atoms with Gasteiger partial charge in [-0.15, -0.1) is 12.4 Å². The zero-order valence-electron chi connectivity index (χ0n) is 12.8. The molecule has 2 N–H and O–H groups in total. The fourth-order valence-electron chi connectivity index (χ4n) is 2.54. The molecule has 0 unspecified atom stereocenters. The van der Waals surface area contributed by atoms with Crippen molar-refractivity contribution in [3.63, 3.8) is 0 Å². The molecule has 24 heavy (non-hydrogen) atoms. The van der Waals surface area contributed by atoms with Gasteiger partial charge in [0.1, 0.15) is 0 Å². The molecule has 1 aliphatic heterocycles. The average Bonchev–Trinajstić information content (AvgIpc) is 3.06. The Hall–Kier alpha value is -2.45. The number of piperidine rings is 1.